The van der Waals surface area contributed by atoms with Crippen molar-refractivity contribution < 1.29 is 23.6 Å². The van der Waals surface area contributed by atoms with Gasteiger partial charge in [0, 0.05) is 11.6 Å². The van der Waals surface area contributed by atoms with Crippen LogP contribution in [0.1, 0.15) is 11.1 Å². The van der Waals surface area contributed by atoms with Crippen LogP contribution in [0.2, 0.25) is 0 Å². The number of quaternary nitrogens is 1. The zero-order chi connectivity index (χ0) is 19.9. The van der Waals surface area contributed by atoms with Crippen molar-refractivity contribution in [1.82, 2.24) is 4.90 Å². The molecular weight excluding hydrogens is 359 g/mol. The van der Waals surface area contributed by atoms with E-state index < -0.39 is 0 Å². The second-order valence-electron chi connectivity index (χ2n) is 6.83. The van der Waals surface area contributed by atoms with E-state index in [1.54, 1.807) is 32.4 Å². The largest absolute Gasteiger partial charge is 0.493 e. The van der Waals surface area contributed by atoms with Gasteiger partial charge in [-0.15, -0.1) is 0 Å². The van der Waals surface area contributed by atoms with Gasteiger partial charge in [0.1, 0.15) is 12.4 Å². The molecule has 0 aromatic heterocycles. The fourth-order valence-corrected chi connectivity index (χ4v) is 3.38. The maximum absolute atomic E-state index is 13.2. The fourth-order valence-electron chi connectivity index (χ4n) is 3.38. The van der Waals surface area contributed by atoms with Crippen molar-refractivity contribution in [2.75, 3.05) is 40.4 Å². The van der Waals surface area contributed by atoms with Crippen LogP contribution in [0.15, 0.2) is 48.5 Å². The summed E-state index contributed by atoms with van der Waals surface area (Å²) >= 11 is 0. The van der Waals surface area contributed by atoms with Crippen molar-refractivity contribution in [2.24, 2.45) is 0 Å². The number of methoxy groups -OCH3 is 2. The molecule has 0 bridgehead atoms. The van der Waals surface area contributed by atoms with Crippen molar-refractivity contribution in [1.29, 1.82) is 0 Å². The van der Waals surface area contributed by atoms with Gasteiger partial charge in [0.15, 0.2) is 11.5 Å². The van der Waals surface area contributed by atoms with Gasteiger partial charge >= 0.3 is 0 Å². The Morgan fingerprint density at radius 3 is 2.54 bits per heavy atom. The molecule has 0 saturated carbocycles. The summed E-state index contributed by atoms with van der Waals surface area (Å²) < 4.78 is 23.9. The molecule has 5 nitrogen and oxygen atoms in total. The number of hydrogen-bond acceptors (Lipinski definition) is 3. The van der Waals surface area contributed by atoms with Crippen LogP contribution in [-0.4, -0.2) is 51.2 Å². The van der Waals surface area contributed by atoms with Crippen molar-refractivity contribution in [3.05, 3.63) is 65.5 Å². The molecule has 1 aliphatic rings. The van der Waals surface area contributed by atoms with Crippen molar-refractivity contribution in [2.45, 2.75) is 6.54 Å². The summed E-state index contributed by atoms with van der Waals surface area (Å²) in [5, 5.41) is 0. The van der Waals surface area contributed by atoms with Gasteiger partial charge in [-0.05, 0) is 42.0 Å². The first-order chi connectivity index (χ1) is 13.6. The molecule has 2 aromatic carbocycles. The standard InChI is InChI=1S/C22H25FN2O3/c1-27-20-8-6-18(15-21(20)28-2)16-24-10-12-25(13-11-24)22(26)9-7-17-4-3-5-19(23)14-17/h3-9,14-15H,10-13,16H2,1-2H3/p+1/b9-7+. The van der Waals surface area contributed by atoms with E-state index in [4.69, 9.17) is 9.47 Å². The molecule has 148 valence electrons. The molecule has 2 aromatic rings. The Labute approximate surface area is 165 Å². The van der Waals surface area contributed by atoms with E-state index in [9.17, 15) is 9.18 Å². The molecule has 1 N–H and O–H groups in total. The maximum atomic E-state index is 13.2. The quantitative estimate of drug-likeness (QED) is 0.771. The first kappa shape index (κ1) is 19.9. The van der Waals surface area contributed by atoms with Gasteiger partial charge in [-0.3, -0.25) is 4.79 Å². The highest BCUT2D eigenvalue weighted by atomic mass is 19.1. The third kappa shape index (κ3) is 5.10. The Hall–Kier alpha value is -2.86. The number of benzene rings is 2. The molecule has 0 aliphatic carbocycles. The van der Waals surface area contributed by atoms with Crippen LogP contribution < -0.4 is 14.4 Å². The molecule has 0 unspecified atom stereocenters. The topological polar surface area (TPSA) is 43.2 Å². The smallest absolute Gasteiger partial charge is 0.246 e. The number of ether oxygens (including phenoxy) is 2. The molecule has 1 heterocycles. The highest BCUT2D eigenvalue weighted by molar-refractivity contribution is 5.91. The van der Waals surface area contributed by atoms with Crippen LogP contribution in [0, 0.1) is 5.82 Å². The van der Waals surface area contributed by atoms with Crippen molar-refractivity contribution in [3.63, 3.8) is 0 Å². The van der Waals surface area contributed by atoms with Crippen LogP contribution in [0.4, 0.5) is 4.39 Å². The number of carbonyl (C=O) groups is 1. The lowest BCUT2D eigenvalue weighted by Crippen LogP contribution is -3.13. The summed E-state index contributed by atoms with van der Waals surface area (Å²) in [6.07, 6.45) is 3.18. The Balaban J connectivity index is 1.52. The minimum absolute atomic E-state index is 0.0329. The molecule has 1 fully saturated rings. The Morgan fingerprint density at radius 1 is 1.11 bits per heavy atom. The molecule has 0 spiro atoms. The highest BCUT2D eigenvalue weighted by Gasteiger charge is 2.22. The Morgan fingerprint density at radius 2 is 1.86 bits per heavy atom. The van der Waals surface area contributed by atoms with Gasteiger partial charge in [0.25, 0.3) is 0 Å². The number of halogens is 1. The molecule has 1 saturated heterocycles. The van der Waals surface area contributed by atoms with Crippen molar-refractivity contribution >= 4 is 12.0 Å². The highest BCUT2D eigenvalue weighted by Crippen LogP contribution is 2.27. The lowest BCUT2D eigenvalue weighted by atomic mass is 10.1. The zero-order valence-corrected chi connectivity index (χ0v) is 16.3. The molecule has 3 rings (SSSR count). The first-order valence-corrected chi connectivity index (χ1v) is 9.36. The predicted molar refractivity (Wildman–Crippen MR) is 106 cm³/mol. The average Bonchev–Trinajstić information content (AvgIpc) is 2.72. The number of rotatable bonds is 6. The second-order valence-corrected chi connectivity index (χ2v) is 6.83. The molecule has 6 heteroatoms. The van der Waals surface area contributed by atoms with Crippen molar-refractivity contribution in [3.8, 4) is 11.5 Å². The Kier molecular flexibility index (Phi) is 6.66. The summed E-state index contributed by atoms with van der Waals surface area (Å²) in [5.74, 6) is 1.12. The van der Waals surface area contributed by atoms with E-state index >= 15 is 0 Å². The van der Waals surface area contributed by atoms with Gasteiger partial charge in [-0.25, -0.2) is 4.39 Å². The fraction of sp³-hybridized carbons (Fsp3) is 0.318. The zero-order valence-electron chi connectivity index (χ0n) is 16.3. The van der Waals surface area contributed by atoms with E-state index in [2.05, 4.69) is 0 Å². The first-order valence-electron chi connectivity index (χ1n) is 9.36. The minimum Gasteiger partial charge on any atom is -0.493 e. The molecule has 0 radical (unpaired) electrons. The van der Waals surface area contributed by atoms with E-state index in [1.165, 1.54) is 28.7 Å². The lowest BCUT2D eigenvalue weighted by molar-refractivity contribution is -0.917. The molecule has 1 amide bonds. The molecule has 1 aliphatic heterocycles. The maximum Gasteiger partial charge on any atom is 0.246 e. The number of amides is 1. The number of hydrogen-bond donors (Lipinski definition) is 1. The molecule has 28 heavy (non-hydrogen) atoms. The molecule has 0 atom stereocenters. The van der Waals surface area contributed by atoms with Gasteiger partial charge < -0.3 is 19.3 Å². The van der Waals surface area contributed by atoms with Gasteiger partial charge in [0.05, 0.1) is 40.4 Å². The van der Waals surface area contributed by atoms with Crippen LogP contribution in [0.3, 0.4) is 0 Å². The van der Waals surface area contributed by atoms with Gasteiger partial charge in [0.2, 0.25) is 5.91 Å². The number of nitrogens with zero attached hydrogens (tertiary/aromatic N) is 1. The van der Waals surface area contributed by atoms with Crippen LogP contribution in [0.5, 0.6) is 11.5 Å². The summed E-state index contributed by atoms with van der Waals surface area (Å²) in [6.45, 7) is 4.05. The number of nitrogens with one attached hydrogen (secondary N) is 1. The minimum atomic E-state index is -0.304. The SMILES string of the molecule is COc1ccc(C[NH+]2CCN(C(=O)/C=C/c3cccc(F)c3)CC2)cc1OC. The van der Waals surface area contributed by atoms with Crippen LogP contribution in [-0.2, 0) is 11.3 Å². The number of carbonyl (C=O) groups excluding carboxylic acids is 1. The summed E-state index contributed by atoms with van der Waals surface area (Å²) in [5.41, 5.74) is 1.87. The van der Waals surface area contributed by atoms with E-state index in [0.717, 1.165) is 31.1 Å². The van der Waals surface area contributed by atoms with Crippen LogP contribution in [0.25, 0.3) is 6.08 Å². The van der Waals surface area contributed by atoms with Gasteiger partial charge in [-0.2, -0.15) is 0 Å². The third-order valence-electron chi connectivity index (χ3n) is 4.95. The monoisotopic (exact) mass is 385 g/mol. The second kappa shape index (κ2) is 9.37. The summed E-state index contributed by atoms with van der Waals surface area (Å²) in [7, 11) is 3.26. The normalized spacial score (nSPS) is 15.0. The molecular formula is C22H26FN2O3+. The van der Waals surface area contributed by atoms with Gasteiger partial charge in [-0.1, -0.05) is 12.1 Å². The predicted octanol–water partition coefficient (Wildman–Crippen LogP) is 1.78. The van der Waals surface area contributed by atoms with Crippen LogP contribution >= 0.6 is 0 Å². The average molecular weight is 385 g/mol. The lowest BCUT2D eigenvalue weighted by Gasteiger charge is -2.31. The van der Waals surface area contributed by atoms with E-state index in [1.807, 2.05) is 23.1 Å². The third-order valence-corrected chi connectivity index (χ3v) is 4.95. The van der Waals surface area contributed by atoms with E-state index in [-0.39, 0.29) is 11.7 Å². The number of piperazine rings is 1. The Bertz CT molecular complexity index is 845. The van der Waals surface area contributed by atoms with E-state index in [0.29, 0.717) is 18.7 Å². The summed E-state index contributed by atoms with van der Waals surface area (Å²) in [6, 6.07) is 12.2. The summed E-state index contributed by atoms with van der Waals surface area (Å²) in [4.78, 5) is 15.6.